The quantitative estimate of drug-likeness (QED) is 0.747. The van der Waals surface area contributed by atoms with Gasteiger partial charge >= 0.3 is 0 Å². The first-order valence-electron chi connectivity index (χ1n) is 6.47. The number of anilines is 1. The Hall–Kier alpha value is -0.640. The minimum Gasteiger partial charge on any atom is -0.378 e. The van der Waals surface area contributed by atoms with Gasteiger partial charge in [0.1, 0.15) is 17.3 Å². The van der Waals surface area contributed by atoms with Crippen LogP contribution in [0.2, 0.25) is 0 Å². The first-order chi connectivity index (χ1) is 8.56. The summed E-state index contributed by atoms with van der Waals surface area (Å²) in [4.78, 5) is 0. The molecule has 100 valence electrons. The molecule has 2 atom stereocenters. The average Bonchev–Trinajstić information content (AvgIpc) is 2.48. The van der Waals surface area contributed by atoms with Crippen LogP contribution < -0.4 is 5.32 Å². The van der Waals surface area contributed by atoms with Gasteiger partial charge in [-0.3, -0.25) is 0 Å². The van der Waals surface area contributed by atoms with Gasteiger partial charge in [0.2, 0.25) is 0 Å². The summed E-state index contributed by atoms with van der Waals surface area (Å²) in [6.07, 6.45) is 5.43. The van der Waals surface area contributed by atoms with Gasteiger partial charge in [-0.2, -0.15) is 0 Å². The van der Waals surface area contributed by atoms with Crippen molar-refractivity contribution >= 4 is 21.6 Å². The van der Waals surface area contributed by atoms with E-state index in [-0.39, 0.29) is 11.7 Å². The van der Waals surface area contributed by atoms with Gasteiger partial charge in [-0.15, -0.1) is 0 Å². The zero-order valence-electron chi connectivity index (χ0n) is 10.5. The maximum absolute atomic E-state index is 13.7. The Labute approximate surface area is 115 Å². The van der Waals surface area contributed by atoms with Crippen LogP contribution in [-0.4, -0.2) is 6.04 Å². The maximum atomic E-state index is 13.7. The van der Waals surface area contributed by atoms with Gasteiger partial charge in [-0.1, -0.05) is 35.7 Å². The minimum atomic E-state index is -0.529. The summed E-state index contributed by atoms with van der Waals surface area (Å²) < 4.78 is 27.9. The van der Waals surface area contributed by atoms with Crippen LogP contribution in [0.15, 0.2) is 16.6 Å². The first kappa shape index (κ1) is 13.8. The van der Waals surface area contributed by atoms with Crippen molar-refractivity contribution in [1.29, 1.82) is 0 Å². The van der Waals surface area contributed by atoms with Gasteiger partial charge in [-0.05, 0) is 37.3 Å². The molecule has 1 nitrogen and oxygen atoms in total. The second-order valence-corrected chi connectivity index (χ2v) is 6.11. The molecular weight excluding hydrogens is 300 g/mol. The Morgan fingerprint density at radius 2 is 1.78 bits per heavy atom. The molecular formula is C14H18BrF2N. The normalized spacial score (nSPS) is 24.7. The van der Waals surface area contributed by atoms with Crippen molar-refractivity contribution in [2.24, 2.45) is 5.92 Å². The second-order valence-electron chi connectivity index (χ2n) is 5.20. The molecule has 1 aliphatic rings. The van der Waals surface area contributed by atoms with Crippen molar-refractivity contribution in [3.63, 3.8) is 0 Å². The van der Waals surface area contributed by atoms with Crippen LogP contribution in [0.4, 0.5) is 14.5 Å². The van der Waals surface area contributed by atoms with Gasteiger partial charge in [-0.25, -0.2) is 8.78 Å². The van der Waals surface area contributed by atoms with E-state index in [9.17, 15) is 8.78 Å². The fourth-order valence-corrected chi connectivity index (χ4v) is 2.92. The molecule has 2 unspecified atom stereocenters. The molecule has 4 heteroatoms. The third-order valence-electron chi connectivity index (χ3n) is 3.61. The van der Waals surface area contributed by atoms with Crippen LogP contribution >= 0.6 is 15.9 Å². The van der Waals surface area contributed by atoms with E-state index in [0.717, 1.165) is 31.6 Å². The van der Waals surface area contributed by atoms with Crippen molar-refractivity contribution in [2.45, 2.75) is 45.1 Å². The highest BCUT2D eigenvalue weighted by atomic mass is 79.9. The van der Waals surface area contributed by atoms with E-state index in [1.54, 1.807) is 0 Å². The van der Waals surface area contributed by atoms with Crippen molar-refractivity contribution < 1.29 is 8.78 Å². The van der Waals surface area contributed by atoms with Crippen molar-refractivity contribution in [3.05, 3.63) is 28.2 Å². The van der Waals surface area contributed by atoms with E-state index in [1.165, 1.54) is 18.6 Å². The van der Waals surface area contributed by atoms with Crippen LogP contribution in [-0.2, 0) is 0 Å². The summed E-state index contributed by atoms with van der Waals surface area (Å²) in [6, 6.07) is 2.77. The molecule has 0 spiro atoms. The number of hydrogen-bond donors (Lipinski definition) is 1. The van der Waals surface area contributed by atoms with Gasteiger partial charge in [0, 0.05) is 10.5 Å². The van der Waals surface area contributed by atoms with Crippen molar-refractivity contribution in [1.82, 2.24) is 0 Å². The predicted molar refractivity (Wildman–Crippen MR) is 73.7 cm³/mol. The highest BCUT2D eigenvalue weighted by molar-refractivity contribution is 9.10. The molecule has 1 fully saturated rings. The van der Waals surface area contributed by atoms with Gasteiger partial charge in [0.15, 0.2) is 0 Å². The van der Waals surface area contributed by atoms with Crippen molar-refractivity contribution in [2.75, 3.05) is 5.32 Å². The summed E-state index contributed by atoms with van der Waals surface area (Å²) in [6.45, 7) is 2.24. The molecule has 0 aliphatic heterocycles. The van der Waals surface area contributed by atoms with E-state index in [4.69, 9.17) is 0 Å². The lowest BCUT2D eigenvalue weighted by atomic mass is 10.0. The third kappa shape index (κ3) is 3.44. The lowest BCUT2D eigenvalue weighted by Gasteiger charge is -2.19. The molecule has 1 saturated carbocycles. The average molecular weight is 318 g/mol. The fourth-order valence-electron chi connectivity index (χ4n) is 2.52. The molecule has 1 aromatic carbocycles. The summed E-state index contributed by atoms with van der Waals surface area (Å²) in [7, 11) is 0. The predicted octanol–water partition coefficient (Wildman–Crippen LogP) is 5.11. The SMILES string of the molecule is CC1CCCC(Nc2c(F)cc(Br)cc2F)CC1. The van der Waals surface area contributed by atoms with E-state index in [2.05, 4.69) is 28.2 Å². The molecule has 2 rings (SSSR count). The van der Waals surface area contributed by atoms with Gasteiger partial charge in [0.25, 0.3) is 0 Å². The van der Waals surface area contributed by atoms with E-state index >= 15 is 0 Å². The van der Waals surface area contributed by atoms with E-state index in [0.29, 0.717) is 4.47 Å². The molecule has 0 saturated heterocycles. The highest BCUT2D eigenvalue weighted by Crippen LogP contribution is 2.28. The number of benzene rings is 1. The molecule has 0 radical (unpaired) electrons. The second kappa shape index (κ2) is 6.00. The summed E-state index contributed by atoms with van der Waals surface area (Å²) >= 11 is 3.08. The van der Waals surface area contributed by atoms with Crippen LogP contribution in [0, 0.1) is 17.6 Å². The summed E-state index contributed by atoms with van der Waals surface area (Å²) in [5.41, 5.74) is 0.0118. The van der Waals surface area contributed by atoms with Gasteiger partial charge < -0.3 is 5.32 Å². The Morgan fingerprint density at radius 1 is 1.11 bits per heavy atom. The number of halogens is 3. The van der Waals surface area contributed by atoms with Gasteiger partial charge in [0.05, 0.1) is 0 Å². The van der Waals surface area contributed by atoms with E-state index in [1.807, 2.05) is 0 Å². The Balaban J connectivity index is 2.09. The maximum Gasteiger partial charge on any atom is 0.150 e. The lowest BCUT2D eigenvalue weighted by Crippen LogP contribution is -2.20. The van der Waals surface area contributed by atoms with E-state index < -0.39 is 11.6 Å². The monoisotopic (exact) mass is 317 g/mol. The molecule has 1 N–H and O–H groups in total. The van der Waals surface area contributed by atoms with Crippen molar-refractivity contribution in [3.8, 4) is 0 Å². The first-order valence-corrected chi connectivity index (χ1v) is 7.26. The number of hydrogen-bond acceptors (Lipinski definition) is 1. The topological polar surface area (TPSA) is 12.0 Å². The van der Waals surface area contributed by atoms with Crippen LogP contribution in [0.5, 0.6) is 0 Å². The smallest absolute Gasteiger partial charge is 0.150 e. The third-order valence-corrected chi connectivity index (χ3v) is 4.07. The lowest BCUT2D eigenvalue weighted by molar-refractivity contribution is 0.501. The Kier molecular flexibility index (Phi) is 4.60. The molecule has 1 aliphatic carbocycles. The summed E-state index contributed by atoms with van der Waals surface area (Å²) in [5.74, 6) is -0.338. The zero-order valence-corrected chi connectivity index (χ0v) is 12.1. The molecule has 1 aromatic rings. The Bertz CT molecular complexity index is 399. The standard InChI is InChI=1S/C14H18BrF2N/c1-9-3-2-4-11(6-5-9)18-14-12(16)7-10(15)8-13(14)17/h7-9,11,18H,2-6H2,1H3. The molecule has 18 heavy (non-hydrogen) atoms. The summed E-state index contributed by atoms with van der Waals surface area (Å²) in [5, 5.41) is 3.03. The largest absolute Gasteiger partial charge is 0.378 e. The highest BCUT2D eigenvalue weighted by Gasteiger charge is 2.19. The molecule has 0 heterocycles. The fraction of sp³-hybridized carbons (Fsp3) is 0.571. The minimum absolute atomic E-state index is 0.0118. The van der Waals surface area contributed by atoms with Crippen LogP contribution in [0.25, 0.3) is 0 Å². The number of nitrogens with one attached hydrogen (secondary N) is 1. The zero-order chi connectivity index (χ0) is 13.1. The van der Waals surface area contributed by atoms with Crippen LogP contribution in [0.1, 0.15) is 39.0 Å². The number of rotatable bonds is 2. The Morgan fingerprint density at radius 3 is 2.44 bits per heavy atom. The molecule has 0 amide bonds. The molecule has 0 bridgehead atoms. The van der Waals surface area contributed by atoms with Crippen LogP contribution in [0.3, 0.4) is 0 Å². The molecule has 0 aromatic heterocycles.